The Labute approximate surface area is 221 Å². The molecule has 3 aromatic rings. The standard InChI is InChI=1S/C27H34FN7O3/c1-27(25(36)30-14-12-29)15-37-24(38-16-27)23-34-21(17-7-9-18(28)10-8-17)22(35-23)20-11-13-31-26(33-20)32-19-5-3-2-4-6-19/h7-11,13,19,24H,2-6,12,14-16,29H2,1H3,(H,30,36)(H,34,35)(H,31,32,33). The average Bonchev–Trinajstić information content (AvgIpc) is 3.39. The molecule has 0 unspecified atom stereocenters. The normalized spacial score (nSPS) is 22.2. The highest BCUT2D eigenvalue weighted by Crippen LogP contribution is 2.35. The van der Waals surface area contributed by atoms with E-state index in [0.717, 1.165) is 12.8 Å². The van der Waals surface area contributed by atoms with Gasteiger partial charge in [-0.25, -0.2) is 19.3 Å². The number of hydrogen-bond donors (Lipinski definition) is 4. The Kier molecular flexibility index (Phi) is 7.96. The molecule has 1 aliphatic heterocycles. The third-order valence-corrected chi connectivity index (χ3v) is 7.00. The topological polar surface area (TPSA) is 140 Å². The van der Waals surface area contributed by atoms with Gasteiger partial charge in [0.2, 0.25) is 18.1 Å². The third kappa shape index (κ3) is 5.85. The number of nitrogens with zero attached hydrogens (tertiary/aromatic N) is 3. The predicted molar refractivity (Wildman–Crippen MR) is 140 cm³/mol. The number of aromatic amines is 1. The van der Waals surface area contributed by atoms with Gasteiger partial charge in [-0.1, -0.05) is 19.3 Å². The fourth-order valence-electron chi connectivity index (χ4n) is 4.80. The molecule has 1 aliphatic carbocycles. The van der Waals surface area contributed by atoms with Crippen molar-refractivity contribution in [2.24, 2.45) is 11.1 Å². The monoisotopic (exact) mass is 523 g/mol. The number of aromatic nitrogens is 4. The Hall–Kier alpha value is -3.41. The molecule has 0 bridgehead atoms. The van der Waals surface area contributed by atoms with E-state index < -0.39 is 11.7 Å². The summed E-state index contributed by atoms with van der Waals surface area (Å²) in [6.45, 7) is 2.83. The summed E-state index contributed by atoms with van der Waals surface area (Å²) in [5, 5.41) is 6.25. The SMILES string of the molecule is CC1(C(=O)NCCN)COC(c2nc(-c3ccc(F)cc3)c(-c3ccnc(NC4CCCCC4)n3)[nH]2)OC1. The number of rotatable bonds is 8. The summed E-state index contributed by atoms with van der Waals surface area (Å²) in [4.78, 5) is 29.8. The minimum atomic E-state index is -0.840. The minimum Gasteiger partial charge on any atom is -0.354 e. The largest absolute Gasteiger partial charge is 0.354 e. The number of imidazole rings is 1. The molecule has 2 aliphatic rings. The molecule has 0 atom stereocenters. The number of nitrogens with two attached hydrogens (primary N) is 1. The Morgan fingerprint density at radius 2 is 1.87 bits per heavy atom. The summed E-state index contributed by atoms with van der Waals surface area (Å²) >= 11 is 0. The van der Waals surface area contributed by atoms with Crippen LogP contribution in [-0.4, -0.2) is 58.2 Å². The molecule has 5 rings (SSSR count). The van der Waals surface area contributed by atoms with E-state index in [4.69, 9.17) is 25.2 Å². The molecule has 3 heterocycles. The number of nitrogens with one attached hydrogen (secondary N) is 3. The van der Waals surface area contributed by atoms with Crippen molar-refractivity contribution < 1.29 is 18.7 Å². The summed E-state index contributed by atoms with van der Waals surface area (Å²) < 4.78 is 25.6. The van der Waals surface area contributed by atoms with Crippen molar-refractivity contribution in [1.29, 1.82) is 0 Å². The van der Waals surface area contributed by atoms with Gasteiger partial charge in [-0.05, 0) is 50.1 Å². The van der Waals surface area contributed by atoms with E-state index in [9.17, 15) is 9.18 Å². The molecule has 11 heteroatoms. The van der Waals surface area contributed by atoms with Crippen molar-refractivity contribution in [3.05, 3.63) is 48.2 Å². The fourth-order valence-corrected chi connectivity index (χ4v) is 4.80. The second-order valence-corrected chi connectivity index (χ2v) is 10.2. The summed E-state index contributed by atoms with van der Waals surface area (Å²) in [5.74, 6) is 0.481. The average molecular weight is 524 g/mol. The van der Waals surface area contributed by atoms with Crippen molar-refractivity contribution in [2.45, 2.75) is 51.4 Å². The van der Waals surface area contributed by atoms with Crippen LogP contribution in [0.25, 0.3) is 22.6 Å². The molecule has 1 saturated heterocycles. The van der Waals surface area contributed by atoms with Crippen LogP contribution in [0.3, 0.4) is 0 Å². The zero-order valence-electron chi connectivity index (χ0n) is 21.5. The van der Waals surface area contributed by atoms with Crippen LogP contribution in [0, 0.1) is 11.2 Å². The number of H-pyrrole nitrogens is 1. The summed E-state index contributed by atoms with van der Waals surface area (Å²) in [6.07, 6.45) is 6.77. The van der Waals surface area contributed by atoms with Gasteiger partial charge in [-0.3, -0.25) is 4.79 Å². The molecule has 2 aromatic heterocycles. The molecule has 2 fully saturated rings. The molecule has 5 N–H and O–H groups in total. The van der Waals surface area contributed by atoms with E-state index in [2.05, 4.69) is 20.6 Å². The lowest BCUT2D eigenvalue weighted by atomic mass is 9.91. The van der Waals surface area contributed by atoms with E-state index in [1.807, 2.05) is 0 Å². The first-order valence-corrected chi connectivity index (χ1v) is 13.1. The highest BCUT2D eigenvalue weighted by atomic mass is 19.1. The number of hydrogen-bond acceptors (Lipinski definition) is 8. The Balaban J connectivity index is 1.41. The zero-order valence-corrected chi connectivity index (χ0v) is 21.5. The minimum absolute atomic E-state index is 0.152. The Morgan fingerprint density at radius 1 is 1.13 bits per heavy atom. The number of halogens is 1. The van der Waals surface area contributed by atoms with E-state index >= 15 is 0 Å². The lowest BCUT2D eigenvalue weighted by Crippen LogP contribution is -2.49. The van der Waals surface area contributed by atoms with Gasteiger partial charge in [0, 0.05) is 30.9 Å². The molecule has 1 amide bonds. The Morgan fingerprint density at radius 3 is 2.58 bits per heavy atom. The van der Waals surface area contributed by atoms with Crippen molar-refractivity contribution in [3.8, 4) is 22.6 Å². The summed E-state index contributed by atoms with van der Waals surface area (Å²) in [5.41, 5.74) is 7.24. The lowest BCUT2D eigenvalue weighted by molar-refractivity contribution is -0.231. The van der Waals surface area contributed by atoms with Gasteiger partial charge in [0.15, 0.2) is 5.82 Å². The van der Waals surface area contributed by atoms with Crippen LogP contribution in [0.2, 0.25) is 0 Å². The van der Waals surface area contributed by atoms with E-state index in [-0.39, 0.29) is 24.9 Å². The molecule has 202 valence electrons. The van der Waals surface area contributed by atoms with Crippen molar-refractivity contribution >= 4 is 11.9 Å². The smallest absolute Gasteiger partial charge is 0.230 e. The van der Waals surface area contributed by atoms with Crippen LogP contribution < -0.4 is 16.4 Å². The van der Waals surface area contributed by atoms with Gasteiger partial charge < -0.3 is 30.8 Å². The Bertz CT molecular complexity index is 1240. The quantitative estimate of drug-likeness (QED) is 0.352. The lowest BCUT2D eigenvalue weighted by Gasteiger charge is -2.35. The van der Waals surface area contributed by atoms with Crippen LogP contribution in [0.1, 0.15) is 51.1 Å². The van der Waals surface area contributed by atoms with Crippen LogP contribution in [0.15, 0.2) is 36.5 Å². The number of carbonyl (C=O) groups excluding carboxylic acids is 1. The summed E-state index contributed by atoms with van der Waals surface area (Å²) in [7, 11) is 0. The van der Waals surface area contributed by atoms with Crippen LogP contribution >= 0.6 is 0 Å². The molecule has 1 aromatic carbocycles. The van der Waals surface area contributed by atoms with Crippen molar-refractivity contribution in [1.82, 2.24) is 25.3 Å². The molecule has 38 heavy (non-hydrogen) atoms. The highest BCUT2D eigenvalue weighted by Gasteiger charge is 2.40. The second-order valence-electron chi connectivity index (χ2n) is 10.2. The van der Waals surface area contributed by atoms with Crippen LogP contribution in [-0.2, 0) is 14.3 Å². The predicted octanol–water partition coefficient (Wildman–Crippen LogP) is 3.54. The number of benzene rings is 1. The van der Waals surface area contributed by atoms with Gasteiger partial charge in [-0.2, -0.15) is 0 Å². The first-order chi connectivity index (χ1) is 18.4. The fraction of sp³-hybridized carbons (Fsp3) is 0.481. The zero-order chi connectivity index (χ0) is 26.5. The highest BCUT2D eigenvalue weighted by molar-refractivity contribution is 5.82. The summed E-state index contributed by atoms with van der Waals surface area (Å²) in [6, 6.07) is 8.28. The maximum absolute atomic E-state index is 13.7. The first-order valence-electron chi connectivity index (χ1n) is 13.1. The van der Waals surface area contributed by atoms with Crippen LogP contribution in [0.5, 0.6) is 0 Å². The maximum atomic E-state index is 13.7. The number of amides is 1. The third-order valence-electron chi connectivity index (χ3n) is 7.00. The maximum Gasteiger partial charge on any atom is 0.230 e. The van der Waals surface area contributed by atoms with Crippen molar-refractivity contribution in [3.63, 3.8) is 0 Å². The van der Waals surface area contributed by atoms with E-state index in [1.165, 1.54) is 31.4 Å². The molecular weight excluding hydrogens is 489 g/mol. The van der Waals surface area contributed by atoms with Gasteiger partial charge in [0.25, 0.3) is 0 Å². The van der Waals surface area contributed by atoms with E-state index in [1.54, 1.807) is 31.3 Å². The molecular formula is C27H34FN7O3. The number of carbonyl (C=O) groups is 1. The number of anilines is 1. The molecule has 10 nitrogen and oxygen atoms in total. The van der Waals surface area contributed by atoms with Gasteiger partial charge in [-0.15, -0.1) is 0 Å². The van der Waals surface area contributed by atoms with Gasteiger partial charge in [0.05, 0.1) is 35.7 Å². The van der Waals surface area contributed by atoms with Gasteiger partial charge in [0.1, 0.15) is 5.82 Å². The van der Waals surface area contributed by atoms with Crippen LogP contribution in [0.4, 0.5) is 10.3 Å². The van der Waals surface area contributed by atoms with Gasteiger partial charge >= 0.3 is 0 Å². The number of ether oxygens (including phenoxy) is 2. The molecule has 0 radical (unpaired) electrons. The first kappa shape index (κ1) is 26.2. The van der Waals surface area contributed by atoms with Crippen molar-refractivity contribution in [2.75, 3.05) is 31.6 Å². The molecule has 0 spiro atoms. The van der Waals surface area contributed by atoms with E-state index in [0.29, 0.717) is 53.5 Å². The second kappa shape index (κ2) is 11.5. The molecule has 1 saturated carbocycles.